The van der Waals surface area contributed by atoms with Crippen molar-refractivity contribution in [1.29, 1.82) is 0 Å². The zero-order valence-corrected chi connectivity index (χ0v) is 15.9. The summed E-state index contributed by atoms with van der Waals surface area (Å²) in [6, 6.07) is 12.7. The van der Waals surface area contributed by atoms with Crippen molar-refractivity contribution in [1.82, 2.24) is 15.1 Å². The Morgan fingerprint density at radius 1 is 1.00 bits per heavy atom. The molecular formula is C22H25F2N3O. The molecule has 28 heavy (non-hydrogen) atoms. The fraction of sp³-hybridized carbons (Fsp3) is 0.409. The van der Waals surface area contributed by atoms with Gasteiger partial charge in [-0.05, 0) is 60.8 Å². The number of carbonyl (C=O) groups excluding carboxylic acids is 1. The summed E-state index contributed by atoms with van der Waals surface area (Å²) in [5, 5.41) is 2.91. The normalized spacial score (nSPS) is 25.0. The number of carbonyl (C=O) groups is 1. The summed E-state index contributed by atoms with van der Waals surface area (Å²) in [6.45, 7) is 4.38. The van der Waals surface area contributed by atoms with E-state index in [1.54, 1.807) is 0 Å². The van der Waals surface area contributed by atoms with Crippen LogP contribution in [0.5, 0.6) is 0 Å². The van der Waals surface area contributed by atoms with Gasteiger partial charge in [0.15, 0.2) is 0 Å². The fourth-order valence-electron chi connectivity index (χ4n) is 4.72. The molecule has 0 spiro atoms. The van der Waals surface area contributed by atoms with Crippen molar-refractivity contribution < 1.29 is 13.6 Å². The molecule has 4 rings (SSSR count). The van der Waals surface area contributed by atoms with Crippen LogP contribution < -0.4 is 5.32 Å². The first-order valence-electron chi connectivity index (χ1n) is 9.73. The lowest BCUT2D eigenvalue weighted by Crippen LogP contribution is -2.36. The molecule has 4 nitrogen and oxygen atoms in total. The Balaban J connectivity index is 1.31. The van der Waals surface area contributed by atoms with Crippen molar-refractivity contribution in [2.45, 2.75) is 6.04 Å². The number of benzene rings is 2. The van der Waals surface area contributed by atoms with E-state index in [0.29, 0.717) is 30.0 Å². The van der Waals surface area contributed by atoms with E-state index in [9.17, 15) is 13.6 Å². The minimum Gasteiger partial charge on any atom is -0.351 e. The Labute approximate surface area is 164 Å². The number of nitrogens with zero attached hydrogens (tertiary/aromatic N) is 2. The van der Waals surface area contributed by atoms with E-state index >= 15 is 0 Å². The first-order valence-corrected chi connectivity index (χ1v) is 9.73. The van der Waals surface area contributed by atoms with Gasteiger partial charge >= 0.3 is 0 Å². The molecular weight excluding hydrogens is 360 g/mol. The molecule has 148 valence electrons. The third kappa shape index (κ3) is 3.93. The maximum absolute atomic E-state index is 13.3. The minimum atomic E-state index is -0.346. The van der Waals surface area contributed by atoms with Crippen LogP contribution in [-0.2, 0) is 0 Å². The zero-order chi connectivity index (χ0) is 19.7. The van der Waals surface area contributed by atoms with Crippen molar-refractivity contribution in [3.05, 3.63) is 71.3 Å². The van der Waals surface area contributed by atoms with Gasteiger partial charge in [-0.2, -0.15) is 0 Å². The Kier molecular flexibility index (Phi) is 5.42. The summed E-state index contributed by atoms with van der Waals surface area (Å²) < 4.78 is 26.2. The molecule has 0 radical (unpaired) electrons. The van der Waals surface area contributed by atoms with Gasteiger partial charge in [0.25, 0.3) is 5.91 Å². The monoisotopic (exact) mass is 385 g/mol. The standard InChI is InChI=1S/C22H25F2N3O/c1-26-12-17-13-27(11-10-25-22(28)16-4-8-19(24)9-5-16)14-20(17)21(26)15-2-6-18(23)7-3-15/h2-9,17,20-21H,10-14H2,1H3,(H,25,28). The van der Waals surface area contributed by atoms with Crippen molar-refractivity contribution in [2.24, 2.45) is 11.8 Å². The second-order valence-electron chi connectivity index (χ2n) is 7.88. The Morgan fingerprint density at radius 2 is 1.64 bits per heavy atom. The van der Waals surface area contributed by atoms with E-state index in [1.165, 1.54) is 42.0 Å². The summed E-state index contributed by atoms with van der Waals surface area (Å²) >= 11 is 0. The van der Waals surface area contributed by atoms with Crippen LogP contribution in [0.25, 0.3) is 0 Å². The molecule has 2 saturated heterocycles. The van der Waals surface area contributed by atoms with Crippen molar-refractivity contribution >= 4 is 5.91 Å². The SMILES string of the molecule is CN1CC2CN(CCNC(=O)c3ccc(F)cc3)CC2C1c1ccc(F)cc1. The van der Waals surface area contributed by atoms with Crippen molar-refractivity contribution in [3.63, 3.8) is 0 Å². The van der Waals surface area contributed by atoms with Gasteiger partial charge in [0.05, 0.1) is 0 Å². The smallest absolute Gasteiger partial charge is 0.251 e. The van der Waals surface area contributed by atoms with E-state index in [4.69, 9.17) is 0 Å². The van der Waals surface area contributed by atoms with E-state index in [0.717, 1.165) is 26.2 Å². The number of hydrogen-bond donors (Lipinski definition) is 1. The molecule has 0 aromatic heterocycles. The average molecular weight is 385 g/mol. The molecule has 2 heterocycles. The number of rotatable bonds is 5. The predicted octanol–water partition coefficient (Wildman–Crippen LogP) is 2.93. The van der Waals surface area contributed by atoms with Crippen LogP contribution in [0, 0.1) is 23.5 Å². The molecule has 0 bridgehead atoms. The summed E-state index contributed by atoms with van der Waals surface area (Å²) in [4.78, 5) is 16.9. The molecule has 3 atom stereocenters. The number of hydrogen-bond acceptors (Lipinski definition) is 3. The van der Waals surface area contributed by atoms with Crippen molar-refractivity contribution in [3.8, 4) is 0 Å². The van der Waals surface area contributed by atoms with Gasteiger partial charge in [-0.25, -0.2) is 8.78 Å². The lowest BCUT2D eigenvalue weighted by atomic mass is 9.90. The highest BCUT2D eigenvalue weighted by Crippen LogP contribution is 2.43. The number of halogens is 2. The largest absolute Gasteiger partial charge is 0.351 e. The highest BCUT2D eigenvalue weighted by molar-refractivity contribution is 5.94. The first kappa shape index (κ1) is 19.0. The van der Waals surface area contributed by atoms with Crippen LogP contribution in [0.15, 0.2) is 48.5 Å². The number of amides is 1. The molecule has 1 amide bonds. The molecule has 2 aromatic carbocycles. The molecule has 2 aliphatic rings. The van der Waals surface area contributed by atoms with E-state index < -0.39 is 0 Å². The van der Waals surface area contributed by atoms with Gasteiger partial charge in [-0.3, -0.25) is 9.69 Å². The fourth-order valence-corrected chi connectivity index (χ4v) is 4.72. The van der Waals surface area contributed by atoms with E-state index in [1.807, 2.05) is 12.1 Å². The van der Waals surface area contributed by atoms with Crippen LogP contribution in [0.1, 0.15) is 22.0 Å². The molecule has 3 unspecified atom stereocenters. The number of likely N-dealkylation sites (tertiary alicyclic amines) is 2. The Morgan fingerprint density at radius 3 is 2.32 bits per heavy atom. The van der Waals surface area contributed by atoms with Crippen LogP contribution in [-0.4, -0.2) is 55.5 Å². The first-order chi connectivity index (χ1) is 13.5. The highest BCUT2D eigenvalue weighted by atomic mass is 19.1. The summed E-state index contributed by atoms with van der Waals surface area (Å²) in [5.41, 5.74) is 1.64. The van der Waals surface area contributed by atoms with Gasteiger partial charge in [0.1, 0.15) is 11.6 Å². The lowest BCUT2D eigenvalue weighted by molar-refractivity contribution is 0.0948. The van der Waals surface area contributed by atoms with E-state index in [2.05, 4.69) is 22.2 Å². The van der Waals surface area contributed by atoms with Gasteiger partial charge in [-0.15, -0.1) is 0 Å². The molecule has 2 fully saturated rings. The van der Waals surface area contributed by atoms with Gasteiger partial charge in [-0.1, -0.05) is 12.1 Å². The molecule has 2 aromatic rings. The molecule has 6 heteroatoms. The Hall–Kier alpha value is -2.31. The van der Waals surface area contributed by atoms with Crippen LogP contribution >= 0.6 is 0 Å². The molecule has 1 N–H and O–H groups in total. The van der Waals surface area contributed by atoms with Gasteiger partial charge < -0.3 is 10.2 Å². The quantitative estimate of drug-likeness (QED) is 0.860. The third-order valence-corrected chi connectivity index (χ3v) is 6.00. The third-order valence-electron chi connectivity index (χ3n) is 6.00. The minimum absolute atomic E-state index is 0.177. The van der Waals surface area contributed by atoms with Crippen LogP contribution in [0.4, 0.5) is 8.78 Å². The summed E-state index contributed by atoms with van der Waals surface area (Å²) in [7, 11) is 2.14. The number of fused-ring (bicyclic) bond motifs is 1. The maximum atomic E-state index is 13.3. The molecule has 2 aliphatic heterocycles. The van der Waals surface area contributed by atoms with Crippen LogP contribution in [0.3, 0.4) is 0 Å². The number of nitrogens with one attached hydrogen (secondary N) is 1. The zero-order valence-electron chi connectivity index (χ0n) is 15.9. The summed E-state index contributed by atoms with van der Waals surface area (Å²) in [5.74, 6) is 0.381. The highest BCUT2D eigenvalue weighted by Gasteiger charge is 2.45. The topological polar surface area (TPSA) is 35.6 Å². The van der Waals surface area contributed by atoms with Crippen molar-refractivity contribution in [2.75, 3.05) is 39.8 Å². The second-order valence-corrected chi connectivity index (χ2v) is 7.88. The Bertz CT molecular complexity index is 825. The second kappa shape index (κ2) is 7.97. The maximum Gasteiger partial charge on any atom is 0.251 e. The van der Waals surface area contributed by atoms with E-state index in [-0.39, 0.29) is 17.5 Å². The average Bonchev–Trinajstić information content (AvgIpc) is 3.19. The van der Waals surface area contributed by atoms with Gasteiger partial charge in [0, 0.05) is 44.3 Å². The lowest BCUT2D eigenvalue weighted by Gasteiger charge is -2.27. The molecule has 0 saturated carbocycles. The predicted molar refractivity (Wildman–Crippen MR) is 104 cm³/mol. The molecule has 0 aliphatic carbocycles. The van der Waals surface area contributed by atoms with Crippen LogP contribution in [0.2, 0.25) is 0 Å². The summed E-state index contributed by atoms with van der Waals surface area (Å²) in [6.07, 6.45) is 0. The van der Waals surface area contributed by atoms with Gasteiger partial charge in [0.2, 0.25) is 0 Å².